The number of nitrogens with zero attached hydrogens (tertiary/aromatic N) is 2. The van der Waals surface area contributed by atoms with Crippen molar-refractivity contribution in [3.05, 3.63) is 65.9 Å². The molecule has 0 aliphatic heterocycles. The molecule has 1 heterocycles. The van der Waals surface area contributed by atoms with E-state index in [-0.39, 0.29) is 0 Å². The van der Waals surface area contributed by atoms with Crippen molar-refractivity contribution in [1.82, 2.24) is 9.55 Å². The molecular formula is C20H22N2S. The third-order valence-corrected chi connectivity index (χ3v) is 4.68. The van der Waals surface area contributed by atoms with E-state index in [0.717, 1.165) is 16.5 Å². The summed E-state index contributed by atoms with van der Waals surface area (Å²) < 4.78 is 2.26. The zero-order chi connectivity index (χ0) is 16.4. The molecule has 0 bridgehead atoms. The molecule has 3 rings (SSSR count). The molecule has 0 saturated heterocycles. The zero-order valence-electron chi connectivity index (χ0n) is 14.1. The number of hydrogen-bond donors (Lipinski definition) is 0. The Labute approximate surface area is 142 Å². The highest BCUT2D eigenvalue weighted by molar-refractivity contribution is 7.99. The van der Waals surface area contributed by atoms with Crippen LogP contribution < -0.4 is 0 Å². The quantitative estimate of drug-likeness (QED) is 0.577. The second-order valence-electron chi connectivity index (χ2n) is 6.13. The van der Waals surface area contributed by atoms with Crippen LogP contribution in [0.4, 0.5) is 0 Å². The van der Waals surface area contributed by atoms with E-state index in [1.165, 1.54) is 16.7 Å². The lowest BCUT2D eigenvalue weighted by Crippen LogP contribution is -2.01. The Kier molecular flexibility index (Phi) is 4.58. The number of benzene rings is 2. The van der Waals surface area contributed by atoms with Gasteiger partial charge in [0.15, 0.2) is 5.16 Å². The summed E-state index contributed by atoms with van der Waals surface area (Å²) in [4.78, 5) is 4.68. The Hall–Kier alpha value is -2.00. The largest absolute Gasteiger partial charge is 0.287 e. The molecule has 0 N–H and O–H groups in total. The van der Waals surface area contributed by atoms with E-state index in [1.54, 1.807) is 11.8 Å². The van der Waals surface area contributed by atoms with Crippen LogP contribution in [0.25, 0.3) is 16.9 Å². The number of thioether (sulfide) groups is 1. The molecule has 0 saturated carbocycles. The molecule has 2 aromatic carbocycles. The summed E-state index contributed by atoms with van der Waals surface area (Å²) in [5, 5.41) is 1.53. The van der Waals surface area contributed by atoms with Gasteiger partial charge >= 0.3 is 0 Å². The molecule has 0 unspecified atom stereocenters. The fraction of sp³-hybridized carbons (Fsp3) is 0.250. The topological polar surface area (TPSA) is 17.8 Å². The third-order valence-electron chi connectivity index (χ3n) is 3.71. The lowest BCUT2D eigenvalue weighted by atomic mass is 10.1. The highest BCUT2D eigenvalue weighted by atomic mass is 32.2. The van der Waals surface area contributed by atoms with E-state index in [1.807, 2.05) is 6.20 Å². The van der Waals surface area contributed by atoms with Crippen LogP contribution in [-0.2, 0) is 0 Å². The van der Waals surface area contributed by atoms with Gasteiger partial charge in [0.1, 0.15) is 0 Å². The maximum absolute atomic E-state index is 4.68. The van der Waals surface area contributed by atoms with Crippen LogP contribution in [0.5, 0.6) is 0 Å². The van der Waals surface area contributed by atoms with Gasteiger partial charge in [0, 0.05) is 16.5 Å². The van der Waals surface area contributed by atoms with Crippen LogP contribution in [0.15, 0.2) is 59.9 Å². The average Bonchev–Trinajstić information content (AvgIpc) is 2.92. The van der Waals surface area contributed by atoms with Crippen molar-refractivity contribution in [3.8, 4) is 16.9 Å². The van der Waals surface area contributed by atoms with Gasteiger partial charge < -0.3 is 0 Å². The van der Waals surface area contributed by atoms with Gasteiger partial charge in [0.25, 0.3) is 0 Å². The Morgan fingerprint density at radius 1 is 0.870 bits per heavy atom. The highest BCUT2D eigenvalue weighted by Gasteiger charge is 2.15. The first-order chi connectivity index (χ1) is 11.0. The molecule has 1 aromatic heterocycles. The Balaban J connectivity index is 2.14. The minimum absolute atomic E-state index is 0.493. The number of aromatic nitrogens is 2. The smallest absolute Gasteiger partial charge is 0.173 e. The van der Waals surface area contributed by atoms with Gasteiger partial charge in [-0.05, 0) is 26.0 Å². The van der Waals surface area contributed by atoms with Crippen molar-refractivity contribution in [1.29, 1.82) is 0 Å². The molecule has 0 spiro atoms. The monoisotopic (exact) mass is 322 g/mol. The summed E-state index contributed by atoms with van der Waals surface area (Å²) in [6.07, 6.45) is 1.98. The summed E-state index contributed by atoms with van der Waals surface area (Å²) >= 11 is 1.79. The lowest BCUT2D eigenvalue weighted by molar-refractivity contribution is 0.892. The van der Waals surface area contributed by atoms with E-state index in [0.29, 0.717) is 5.25 Å². The van der Waals surface area contributed by atoms with Crippen LogP contribution in [0.2, 0.25) is 0 Å². The average molecular weight is 322 g/mol. The standard InChI is InChI=1S/C20H22N2S/c1-14(2)23-20-21-13-19(17-9-5-15(3)6-10-17)22(20)18-11-7-16(4)8-12-18/h5-14H,1-4H3. The Morgan fingerprint density at radius 2 is 1.43 bits per heavy atom. The molecule has 0 radical (unpaired) electrons. The molecule has 3 aromatic rings. The van der Waals surface area contributed by atoms with Gasteiger partial charge in [-0.15, -0.1) is 0 Å². The molecule has 3 heteroatoms. The molecule has 0 amide bonds. The molecule has 0 fully saturated rings. The normalized spacial score (nSPS) is 11.2. The van der Waals surface area contributed by atoms with Gasteiger partial charge in [-0.2, -0.15) is 0 Å². The lowest BCUT2D eigenvalue weighted by Gasteiger charge is -2.13. The molecule has 0 aliphatic rings. The fourth-order valence-electron chi connectivity index (χ4n) is 2.50. The van der Waals surface area contributed by atoms with E-state index in [9.17, 15) is 0 Å². The Bertz CT molecular complexity index is 784. The number of imidazole rings is 1. The number of rotatable bonds is 4. The first-order valence-corrected chi connectivity index (χ1v) is 8.81. The van der Waals surface area contributed by atoms with Crippen molar-refractivity contribution in [2.24, 2.45) is 0 Å². The van der Waals surface area contributed by atoms with Crippen LogP contribution in [0.3, 0.4) is 0 Å². The van der Waals surface area contributed by atoms with E-state index in [2.05, 4.69) is 85.8 Å². The SMILES string of the molecule is Cc1ccc(-c2cnc(SC(C)C)n2-c2ccc(C)cc2)cc1. The third kappa shape index (κ3) is 3.50. The van der Waals surface area contributed by atoms with Crippen molar-refractivity contribution in [2.45, 2.75) is 38.1 Å². The predicted molar refractivity (Wildman–Crippen MR) is 99.5 cm³/mol. The van der Waals surface area contributed by atoms with Crippen LogP contribution in [0.1, 0.15) is 25.0 Å². The minimum Gasteiger partial charge on any atom is -0.287 e. The predicted octanol–water partition coefficient (Wildman–Crippen LogP) is 5.66. The summed E-state index contributed by atoms with van der Waals surface area (Å²) in [5.74, 6) is 0. The molecule has 23 heavy (non-hydrogen) atoms. The van der Waals surface area contributed by atoms with Gasteiger partial charge in [-0.25, -0.2) is 4.98 Å². The van der Waals surface area contributed by atoms with Crippen LogP contribution in [0, 0.1) is 13.8 Å². The van der Waals surface area contributed by atoms with Gasteiger partial charge in [0.2, 0.25) is 0 Å². The molecule has 118 valence electrons. The molecule has 0 atom stereocenters. The highest BCUT2D eigenvalue weighted by Crippen LogP contribution is 2.31. The van der Waals surface area contributed by atoms with Crippen molar-refractivity contribution < 1.29 is 0 Å². The summed E-state index contributed by atoms with van der Waals surface area (Å²) in [5.41, 5.74) is 6.03. The van der Waals surface area contributed by atoms with E-state index >= 15 is 0 Å². The minimum atomic E-state index is 0.493. The van der Waals surface area contributed by atoms with Crippen molar-refractivity contribution in [3.63, 3.8) is 0 Å². The second-order valence-corrected chi connectivity index (χ2v) is 7.67. The second kappa shape index (κ2) is 6.63. The van der Waals surface area contributed by atoms with Crippen LogP contribution >= 0.6 is 11.8 Å². The van der Waals surface area contributed by atoms with E-state index < -0.39 is 0 Å². The molecule has 0 aliphatic carbocycles. The van der Waals surface area contributed by atoms with Gasteiger partial charge in [0.05, 0.1) is 11.9 Å². The maximum atomic E-state index is 4.68. The number of aryl methyl sites for hydroxylation is 2. The van der Waals surface area contributed by atoms with Crippen molar-refractivity contribution in [2.75, 3.05) is 0 Å². The summed E-state index contributed by atoms with van der Waals surface area (Å²) in [6, 6.07) is 17.3. The summed E-state index contributed by atoms with van der Waals surface area (Å²) in [7, 11) is 0. The van der Waals surface area contributed by atoms with Crippen LogP contribution in [-0.4, -0.2) is 14.8 Å². The summed E-state index contributed by atoms with van der Waals surface area (Å²) in [6.45, 7) is 8.62. The van der Waals surface area contributed by atoms with Gasteiger partial charge in [-0.3, -0.25) is 4.57 Å². The maximum Gasteiger partial charge on any atom is 0.173 e. The van der Waals surface area contributed by atoms with E-state index in [4.69, 9.17) is 0 Å². The fourth-order valence-corrected chi connectivity index (χ4v) is 3.34. The Morgan fingerprint density at radius 3 is 2.00 bits per heavy atom. The number of hydrogen-bond acceptors (Lipinski definition) is 2. The molecular weight excluding hydrogens is 300 g/mol. The molecule has 2 nitrogen and oxygen atoms in total. The first-order valence-electron chi connectivity index (χ1n) is 7.93. The zero-order valence-corrected chi connectivity index (χ0v) is 14.9. The first kappa shape index (κ1) is 15.9. The van der Waals surface area contributed by atoms with Crippen molar-refractivity contribution >= 4 is 11.8 Å². The van der Waals surface area contributed by atoms with Gasteiger partial charge in [-0.1, -0.05) is 73.1 Å².